The maximum atomic E-state index is 11.4. The molecule has 3 aromatic carbocycles. The van der Waals surface area contributed by atoms with E-state index >= 15 is 0 Å². The van der Waals surface area contributed by atoms with E-state index in [-0.39, 0.29) is 4.90 Å². The van der Waals surface area contributed by atoms with Crippen LogP contribution in [0.5, 0.6) is 11.5 Å². The normalized spacial score (nSPS) is 11.3. The van der Waals surface area contributed by atoms with Gasteiger partial charge in [0.25, 0.3) is 0 Å². The van der Waals surface area contributed by atoms with Crippen molar-refractivity contribution in [1.29, 1.82) is 0 Å². The molecule has 3 aromatic rings. The fourth-order valence-electron chi connectivity index (χ4n) is 3.17. The minimum atomic E-state index is -3.67. The highest BCUT2D eigenvalue weighted by Crippen LogP contribution is 2.32. The zero-order valence-corrected chi connectivity index (χ0v) is 19.5. The number of para-hydroxylation sites is 1. The predicted octanol–water partition coefficient (Wildman–Crippen LogP) is 4.30. The molecule has 3 rings (SSSR count). The zero-order valence-electron chi connectivity index (χ0n) is 17.9. The number of halogens is 1. The molecule has 170 valence electrons. The number of rotatable bonds is 11. The van der Waals surface area contributed by atoms with Crippen LogP contribution in [0.15, 0.2) is 71.6 Å². The highest BCUT2D eigenvalue weighted by molar-refractivity contribution is 7.89. The van der Waals surface area contributed by atoms with Crippen LogP contribution in [0.4, 0.5) is 0 Å². The summed E-state index contributed by atoms with van der Waals surface area (Å²) in [5.74, 6) is 1.42. The molecular formula is C24H27ClN2O4S. The number of sulfonamides is 1. The standard InChI is InChI=1S/C24H27ClN2O4S/c1-2-30-23-5-3-4-20(24(23)31-17-19-6-10-21(25)11-7-19)16-27-15-14-18-8-12-22(13-9-18)32(26,28)29/h3-13,27H,2,14-17H2,1H3,(H2,26,28,29). The fourth-order valence-corrected chi connectivity index (χ4v) is 3.81. The molecule has 8 heteroatoms. The minimum Gasteiger partial charge on any atom is -0.490 e. The van der Waals surface area contributed by atoms with Crippen LogP contribution >= 0.6 is 11.6 Å². The molecule has 0 aliphatic rings. The molecule has 0 fully saturated rings. The molecule has 0 aromatic heterocycles. The van der Waals surface area contributed by atoms with Gasteiger partial charge in [0.15, 0.2) is 11.5 Å². The Morgan fingerprint density at radius 2 is 1.62 bits per heavy atom. The third-order valence-corrected chi connectivity index (χ3v) is 6.00. The van der Waals surface area contributed by atoms with Crippen LogP contribution in [-0.2, 0) is 29.6 Å². The van der Waals surface area contributed by atoms with E-state index in [1.165, 1.54) is 12.1 Å². The Morgan fingerprint density at radius 3 is 2.28 bits per heavy atom. The molecule has 0 saturated heterocycles. The predicted molar refractivity (Wildman–Crippen MR) is 127 cm³/mol. The first-order valence-corrected chi connectivity index (χ1v) is 12.2. The molecule has 0 heterocycles. The summed E-state index contributed by atoms with van der Waals surface area (Å²) >= 11 is 5.96. The third-order valence-electron chi connectivity index (χ3n) is 4.81. The average molecular weight is 475 g/mol. The Kier molecular flexibility index (Phi) is 8.53. The lowest BCUT2D eigenvalue weighted by Gasteiger charge is -2.16. The van der Waals surface area contributed by atoms with Crippen LogP contribution < -0.4 is 19.9 Å². The lowest BCUT2D eigenvalue weighted by molar-refractivity contribution is 0.266. The summed E-state index contributed by atoms with van der Waals surface area (Å²) < 4.78 is 34.6. The van der Waals surface area contributed by atoms with Gasteiger partial charge in [-0.1, -0.05) is 48.0 Å². The second kappa shape index (κ2) is 11.3. The van der Waals surface area contributed by atoms with Crippen molar-refractivity contribution in [3.05, 3.63) is 88.4 Å². The summed E-state index contributed by atoms with van der Waals surface area (Å²) in [6, 6.07) is 20.0. The SMILES string of the molecule is CCOc1cccc(CNCCc2ccc(S(N)(=O)=O)cc2)c1OCc1ccc(Cl)cc1. The van der Waals surface area contributed by atoms with Crippen molar-refractivity contribution in [2.45, 2.75) is 31.4 Å². The first-order valence-electron chi connectivity index (χ1n) is 10.3. The van der Waals surface area contributed by atoms with E-state index in [1.54, 1.807) is 12.1 Å². The van der Waals surface area contributed by atoms with Crippen molar-refractivity contribution in [1.82, 2.24) is 5.32 Å². The number of hydrogen-bond acceptors (Lipinski definition) is 5. The molecule has 0 radical (unpaired) electrons. The lowest BCUT2D eigenvalue weighted by Crippen LogP contribution is -2.18. The number of benzene rings is 3. The molecule has 0 aliphatic carbocycles. The molecular weight excluding hydrogens is 448 g/mol. The number of nitrogens with two attached hydrogens (primary N) is 1. The van der Waals surface area contributed by atoms with E-state index < -0.39 is 10.0 Å². The van der Waals surface area contributed by atoms with Crippen LogP contribution in [0.1, 0.15) is 23.6 Å². The molecule has 0 spiro atoms. The number of ether oxygens (including phenoxy) is 2. The molecule has 0 atom stereocenters. The molecule has 32 heavy (non-hydrogen) atoms. The Balaban J connectivity index is 1.61. The summed E-state index contributed by atoms with van der Waals surface area (Å²) in [6.07, 6.45) is 0.747. The Bertz CT molecular complexity index is 1120. The van der Waals surface area contributed by atoms with Gasteiger partial charge in [0, 0.05) is 17.1 Å². The first kappa shape index (κ1) is 24.1. The maximum absolute atomic E-state index is 11.4. The van der Waals surface area contributed by atoms with Crippen molar-refractivity contribution in [3.8, 4) is 11.5 Å². The summed E-state index contributed by atoms with van der Waals surface area (Å²) in [5.41, 5.74) is 3.03. The van der Waals surface area contributed by atoms with Gasteiger partial charge >= 0.3 is 0 Å². The quantitative estimate of drug-likeness (QED) is 0.404. The van der Waals surface area contributed by atoms with Gasteiger partial charge in [-0.3, -0.25) is 0 Å². The van der Waals surface area contributed by atoms with Crippen molar-refractivity contribution in [2.75, 3.05) is 13.2 Å². The summed E-state index contributed by atoms with van der Waals surface area (Å²) in [7, 11) is -3.67. The van der Waals surface area contributed by atoms with E-state index in [2.05, 4.69) is 5.32 Å². The van der Waals surface area contributed by atoms with Gasteiger partial charge in [-0.25, -0.2) is 13.6 Å². The van der Waals surface area contributed by atoms with Gasteiger partial charge in [0.2, 0.25) is 10.0 Å². The Labute approximate surface area is 194 Å². The minimum absolute atomic E-state index is 0.115. The smallest absolute Gasteiger partial charge is 0.238 e. The molecule has 0 bridgehead atoms. The van der Waals surface area contributed by atoms with E-state index in [0.717, 1.165) is 23.1 Å². The number of primary sulfonamides is 1. The average Bonchev–Trinajstić information content (AvgIpc) is 2.77. The van der Waals surface area contributed by atoms with Crippen LogP contribution in [0.3, 0.4) is 0 Å². The van der Waals surface area contributed by atoms with Gasteiger partial charge in [-0.2, -0.15) is 0 Å². The molecule has 3 N–H and O–H groups in total. The Hall–Kier alpha value is -2.58. The molecule has 0 saturated carbocycles. The summed E-state index contributed by atoms with van der Waals surface area (Å²) in [6.45, 7) is 4.21. The fraction of sp³-hybridized carbons (Fsp3) is 0.250. The zero-order chi connectivity index (χ0) is 23.0. The number of hydrogen-bond donors (Lipinski definition) is 2. The highest BCUT2D eigenvalue weighted by atomic mass is 35.5. The highest BCUT2D eigenvalue weighted by Gasteiger charge is 2.12. The van der Waals surface area contributed by atoms with Crippen molar-refractivity contribution >= 4 is 21.6 Å². The van der Waals surface area contributed by atoms with Gasteiger partial charge in [-0.15, -0.1) is 0 Å². The van der Waals surface area contributed by atoms with E-state index in [1.807, 2.05) is 49.4 Å². The molecule has 0 unspecified atom stereocenters. The van der Waals surface area contributed by atoms with Crippen molar-refractivity contribution < 1.29 is 17.9 Å². The Morgan fingerprint density at radius 1 is 0.938 bits per heavy atom. The lowest BCUT2D eigenvalue weighted by atomic mass is 10.1. The van der Waals surface area contributed by atoms with Crippen LogP contribution in [0, 0.1) is 0 Å². The van der Waals surface area contributed by atoms with Gasteiger partial charge in [0.05, 0.1) is 11.5 Å². The van der Waals surface area contributed by atoms with Crippen molar-refractivity contribution in [3.63, 3.8) is 0 Å². The molecule has 0 amide bonds. The second-order valence-electron chi connectivity index (χ2n) is 7.21. The topological polar surface area (TPSA) is 90.6 Å². The van der Waals surface area contributed by atoms with Crippen LogP contribution in [0.25, 0.3) is 0 Å². The van der Waals surface area contributed by atoms with E-state index in [9.17, 15) is 8.42 Å². The number of nitrogens with one attached hydrogen (secondary N) is 1. The van der Waals surface area contributed by atoms with Crippen molar-refractivity contribution in [2.24, 2.45) is 5.14 Å². The maximum Gasteiger partial charge on any atom is 0.238 e. The first-order chi connectivity index (χ1) is 15.4. The van der Waals surface area contributed by atoms with Crippen LogP contribution in [-0.4, -0.2) is 21.6 Å². The summed E-state index contributed by atoms with van der Waals surface area (Å²) in [4.78, 5) is 0.115. The summed E-state index contributed by atoms with van der Waals surface area (Å²) in [5, 5.41) is 9.24. The molecule has 6 nitrogen and oxygen atoms in total. The molecule has 0 aliphatic heterocycles. The van der Waals surface area contributed by atoms with Gasteiger partial charge < -0.3 is 14.8 Å². The third kappa shape index (κ3) is 6.97. The second-order valence-corrected chi connectivity index (χ2v) is 9.21. The largest absolute Gasteiger partial charge is 0.490 e. The van der Waals surface area contributed by atoms with Gasteiger partial charge in [0.1, 0.15) is 6.61 Å². The van der Waals surface area contributed by atoms with E-state index in [0.29, 0.717) is 42.8 Å². The monoisotopic (exact) mass is 474 g/mol. The van der Waals surface area contributed by atoms with Crippen LogP contribution in [0.2, 0.25) is 5.02 Å². The van der Waals surface area contributed by atoms with E-state index in [4.69, 9.17) is 26.2 Å². The van der Waals surface area contributed by atoms with Gasteiger partial charge in [-0.05, 0) is 61.3 Å².